The van der Waals surface area contributed by atoms with Crippen LogP contribution >= 0.6 is 0 Å². The molecule has 1 aromatic carbocycles. The molecule has 0 amide bonds. The van der Waals surface area contributed by atoms with Gasteiger partial charge in [0.25, 0.3) is 0 Å². The summed E-state index contributed by atoms with van der Waals surface area (Å²) in [5.41, 5.74) is 6.11. The summed E-state index contributed by atoms with van der Waals surface area (Å²) in [6.45, 7) is 8.39. The van der Waals surface area contributed by atoms with Crippen molar-refractivity contribution in [3.8, 4) is 5.75 Å². The number of hydrogen-bond donors (Lipinski definition) is 2. The Kier molecular flexibility index (Phi) is 6.44. The number of sulfonamides is 1. The Hall–Kier alpha value is -1.31. The van der Waals surface area contributed by atoms with E-state index in [2.05, 4.69) is 23.5 Å². The SMILES string of the molecule is CCN(CC)CC(C)NS(=O)(=O)c1ccc(N)c(OC)c1. The van der Waals surface area contributed by atoms with E-state index < -0.39 is 10.0 Å². The summed E-state index contributed by atoms with van der Waals surface area (Å²) in [7, 11) is -2.13. The van der Waals surface area contributed by atoms with Gasteiger partial charge in [0.1, 0.15) is 5.75 Å². The average molecular weight is 315 g/mol. The number of hydrogen-bond acceptors (Lipinski definition) is 5. The number of benzene rings is 1. The number of likely N-dealkylation sites (N-methyl/N-ethyl adjacent to an activating group) is 1. The molecule has 0 aliphatic carbocycles. The minimum Gasteiger partial charge on any atom is -0.495 e. The molecule has 0 heterocycles. The van der Waals surface area contributed by atoms with E-state index in [1.54, 1.807) is 0 Å². The highest BCUT2D eigenvalue weighted by Gasteiger charge is 2.19. The van der Waals surface area contributed by atoms with Crippen LogP contribution in [-0.4, -0.2) is 46.1 Å². The van der Waals surface area contributed by atoms with Crippen molar-refractivity contribution in [2.75, 3.05) is 32.5 Å². The van der Waals surface area contributed by atoms with Crippen molar-refractivity contribution in [2.45, 2.75) is 31.7 Å². The van der Waals surface area contributed by atoms with Gasteiger partial charge in [-0.1, -0.05) is 13.8 Å². The van der Waals surface area contributed by atoms with Gasteiger partial charge in [0.2, 0.25) is 10.0 Å². The van der Waals surface area contributed by atoms with Gasteiger partial charge in [0.15, 0.2) is 0 Å². The molecule has 0 saturated carbocycles. The molecule has 120 valence electrons. The molecule has 0 fully saturated rings. The molecule has 0 spiro atoms. The minimum atomic E-state index is -3.58. The van der Waals surface area contributed by atoms with Crippen molar-refractivity contribution in [2.24, 2.45) is 0 Å². The van der Waals surface area contributed by atoms with Crippen molar-refractivity contribution in [1.82, 2.24) is 9.62 Å². The highest BCUT2D eigenvalue weighted by molar-refractivity contribution is 7.89. The molecule has 0 aliphatic heterocycles. The van der Waals surface area contributed by atoms with Gasteiger partial charge in [-0.05, 0) is 32.1 Å². The van der Waals surface area contributed by atoms with Crippen LogP contribution in [0.3, 0.4) is 0 Å². The quantitative estimate of drug-likeness (QED) is 0.706. The average Bonchev–Trinajstić information content (AvgIpc) is 2.44. The maximum atomic E-state index is 12.4. The van der Waals surface area contributed by atoms with E-state index in [0.717, 1.165) is 13.1 Å². The van der Waals surface area contributed by atoms with E-state index in [1.807, 2.05) is 6.92 Å². The smallest absolute Gasteiger partial charge is 0.240 e. The second-order valence-corrected chi connectivity index (χ2v) is 6.63. The van der Waals surface area contributed by atoms with Gasteiger partial charge in [-0.15, -0.1) is 0 Å². The predicted molar refractivity (Wildman–Crippen MR) is 85.0 cm³/mol. The van der Waals surface area contributed by atoms with Crippen LogP contribution < -0.4 is 15.2 Å². The predicted octanol–water partition coefficient (Wildman–Crippen LogP) is 1.29. The summed E-state index contributed by atoms with van der Waals surface area (Å²) >= 11 is 0. The molecule has 1 unspecified atom stereocenters. The Balaban J connectivity index is 2.86. The molecule has 3 N–H and O–H groups in total. The van der Waals surface area contributed by atoms with Gasteiger partial charge in [0, 0.05) is 18.7 Å². The number of nitrogens with two attached hydrogens (primary N) is 1. The molecule has 0 radical (unpaired) electrons. The summed E-state index contributed by atoms with van der Waals surface area (Å²) < 4.78 is 32.4. The first-order valence-electron chi connectivity index (χ1n) is 7.02. The maximum Gasteiger partial charge on any atom is 0.240 e. The van der Waals surface area contributed by atoms with Crippen molar-refractivity contribution in [1.29, 1.82) is 0 Å². The van der Waals surface area contributed by atoms with E-state index in [4.69, 9.17) is 10.5 Å². The standard InChI is InChI=1S/C14H25N3O3S/c1-5-17(6-2)10-11(3)16-21(18,19)12-7-8-13(15)14(9-12)20-4/h7-9,11,16H,5-6,10,15H2,1-4H3. The summed E-state index contributed by atoms with van der Waals surface area (Å²) in [5.74, 6) is 0.356. The first-order valence-corrected chi connectivity index (χ1v) is 8.50. The van der Waals surface area contributed by atoms with Crippen LogP contribution in [0.2, 0.25) is 0 Å². The van der Waals surface area contributed by atoms with Gasteiger partial charge in [-0.2, -0.15) is 0 Å². The molecule has 21 heavy (non-hydrogen) atoms. The molecular weight excluding hydrogens is 290 g/mol. The summed E-state index contributed by atoms with van der Waals surface area (Å²) in [5, 5.41) is 0. The fourth-order valence-corrected chi connectivity index (χ4v) is 3.35. The second-order valence-electron chi connectivity index (χ2n) is 4.91. The lowest BCUT2D eigenvalue weighted by Gasteiger charge is -2.23. The number of rotatable bonds is 8. The fourth-order valence-electron chi connectivity index (χ4n) is 2.10. The second kappa shape index (κ2) is 7.63. The highest BCUT2D eigenvalue weighted by atomic mass is 32.2. The lowest BCUT2D eigenvalue weighted by Crippen LogP contribution is -2.41. The van der Waals surface area contributed by atoms with Crippen LogP contribution in [0.25, 0.3) is 0 Å². The first-order chi connectivity index (χ1) is 9.83. The van der Waals surface area contributed by atoms with Crippen LogP contribution in [0.5, 0.6) is 5.75 Å². The highest BCUT2D eigenvalue weighted by Crippen LogP contribution is 2.24. The van der Waals surface area contributed by atoms with Crippen LogP contribution in [0, 0.1) is 0 Å². The van der Waals surface area contributed by atoms with E-state index >= 15 is 0 Å². The van der Waals surface area contributed by atoms with Crippen LogP contribution in [-0.2, 0) is 10.0 Å². The number of methoxy groups -OCH3 is 1. The number of nitrogens with one attached hydrogen (secondary N) is 1. The van der Waals surface area contributed by atoms with Crippen LogP contribution in [0.15, 0.2) is 23.1 Å². The zero-order chi connectivity index (χ0) is 16.0. The molecular formula is C14H25N3O3S. The monoisotopic (exact) mass is 315 g/mol. The van der Waals surface area contributed by atoms with Gasteiger partial charge < -0.3 is 15.4 Å². The third kappa shape index (κ3) is 4.87. The Morgan fingerprint density at radius 2 is 1.95 bits per heavy atom. The number of nitrogens with zero attached hydrogens (tertiary/aromatic N) is 1. The van der Waals surface area contributed by atoms with Crippen molar-refractivity contribution >= 4 is 15.7 Å². The Bertz CT molecular complexity index is 557. The zero-order valence-corrected chi connectivity index (χ0v) is 13.9. The number of ether oxygens (including phenoxy) is 1. The van der Waals surface area contributed by atoms with Crippen molar-refractivity contribution in [3.63, 3.8) is 0 Å². The molecule has 1 rings (SSSR count). The normalized spacial score (nSPS) is 13.4. The maximum absolute atomic E-state index is 12.4. The van der Waals surface area contributed by atoms with Crippen molar-refractivity contribution < 1.29 is 13.2 Å². The minimum absolute atomic E-state index is 0.153. The number of nitrogen functional groups attached to an aromatic ring is 1. The molecule has 6 nitrogen and oxygen atoms in total. The van der Waals surface area contributed by atoms with Crippen molar-refractivity contribution in [3.05, 3.63) is 18.2 Å². The number of anilines is 1. The fraction of sp³-hybridized carbons (Fsp3) is 0.571. The van der Waals surface area contributed by atoms with E-state index in [-0.39, 0.29) is 10.9 Å². The molecule has 0 aromatic heterocycles. The van der Waals surface area contributed by atoms with Gasteiger partial charge in [0.05, 0.1) is 17.7 Å². The van der Waals surface area contributed by atoms with E-state index in [0.29, 0.717) is 18.0 Å². The lowest BCUT2D eigenvalue weighted by atomic mass is 10.3. The van der Waals surface area contributed by atoms with Crippen LogP contribution in [0.4, 0.5) is 5.69 Å². The van der Waals surface area contributed by atoms with Gasteiger partial charge >= 0.3 is 0 Å². The van der Waals surface area contributed by atoms with E-state index in [9.17, 15) is 8.42 Å². The Labute approximate surface area is 127 Å². The molecule has 1 atom stereocenters. The third-order valence-electron chi connectivity index (χ3n) is 3.30. The largest absolute Gasteiger partial charge is 0.495 e. The molecule has 7 heteroatoms. The van der Waals surface area contributed by atoms with Gasteiger partial charge in [-0.3, -0.25) is 0 Å². The van der Waals surface area contributed by atoms with Crippen LogP contribution in [0.1, 0.15) is 20.8 Å². The summed E-state index contributed by atoms with van der Waals surface area (Å²) in [6, 6.07) is 4.26. The Morgan fingerprint density at radius 3 is 2.48 bits per heavy atom. The zero-order valence-electron chi connectivity index (χ0n) is 13.1. The summed E-state index contributed by atoms with van der Waals surface area (Å²) in [4.78, 5) is 2.32. The van der Waals surface area contributed by atoms with E-state index in [1.165, 1.54) is 25.3 Å². The third-order valence-corrected chi connectivity index (χ3v) is 4.89. The van der Waals surface area contributed by atoms with Gasteiger partial charge in [-0.25, -0.2) is 13.1 Å². The Morgan fingerprint density at radius 1 is 1.33 bits per heavy atom. The first kappa shape index (κ1) is 17.7. The molecule has 0 aliphatic rings. The lowest BCUT2D eigenvalue weighted by molar-refractivity contribution is 0.282. The molecule has 1 aromatic rings. The molecule has 0 saturated heterocycles. The molecule has 0 bridgehead atoms. The topological polar surface area (TPSA) is 84.7 Å². The summed E-state index contributed by atoms with van der Waals surface area (Å²) in [6.07, 6.45) is 0.